The Morgan fingerprint density at radius 2 is 2.00 bits per heavy atom. The molecule has 1 atom stereocenters. The van der Waals surface area contributed by atoms with Crippen molar-refractivity contribution in [1.29, 1.82) is 0 Å². The number of aliphatic hydroxyl groups excluding tert-OH is 1. The standard InChI is InChI=1S/C19H21NO4/c1-12-7-15(21)11-18(24-12)19(23)20-17(14-9-16(22)10-14)8-13-5-3-2-4-6-13/h2-7,11,14,16-17,22H,8-10H2,1H3,(H,20,23). The number of hydrogen-bond acceptors (Lipinski definition) is 4. The van der Waals surface area contributed by atoms with E-state index in [4.69, 9.17) is 4.42 Å². The van der Waals surface area contributed by atoms with E-state index in [1.54, 1.807) is 6.92 Å². The summed E-state index contributed by atoms with van der Waals surface area (Å²) in [6, 6.07) is 12.4. The largest absolute Gasteiger partial charge is 0.456 e. The molecule has 1 heterocycles. The van der Waals surface area contributed by atoms with Crippen molar-refractivity contribution in [2.24, 2.45) is 5.92 Å². The summed E-state index contributed by atoms with van der Waals surface area (Å²) in [5.74, 6) is 0.267. The highest BCUT2D eigenvalue weighted by molar-refractivity contribution is 5.91. The minimum absolute atomic E-state index is 0.0259. The van der Waals surface area contributed by atoms with Crippen LogP contribution in [0.5, 0.6) is 0 Å². The number of carbonyl (C=O) groups excluding carboxylic acids is 1. The number of amides is 1. The van der Waals surface area contributed by atoms with Crippen LogP contribution >= 0.6 is 0 Å². The number of aliphatic hydroxyl groups is 1. The number of benzene rings is 1. The van der Waals surface area contributed by atoms with Crippen LogP contribution in [-0.2, 0) is 6.42 Å². The fourth-order valence-corrected chi connectivity index (χ4v) is 3.12. The average Bonchev–Trinajstić information content (AvgIpc) is 2.51. The topological polar surface area (TPSA) is 79.5 Å². The van der Waals surface area contributed by atoms with Crippen molar-refractivity contribution in [3.8, 4) is 0 Å². The van der Waals surface area contributed by atoms with E-state index in [-0.39, 0.29) is 29.3 Å². The number of aryl methyl sites for hydroxylation is 1. The van der Waals surface area contributed by atoms with Crippen LogP contribution in [0.3, 0.4) is 0 Å². The predicted molar refractivity (Wildman–Crippen MR) is 89.8 cm³/mol. The Morgan fingerprint density at radius 3 is 2.62 bits per heavy atom. The minimum atomic E-state index is -0.391. The smallest absolute Gasteiger partial charge is 0.287 e. The third kappa shape index (κ3) is 3.92. The maximum atomic E-state index is 12.5. The van der Waals surface area contributed by atoms with Gasteiger partial charge in [0.2, 0.25) is 0 Å². The quantitative estimate of drug-likeness (QED) is 0.881. The van der Waals surface area contributed by atoms with Crippen molar-refractivity contribution in [3.63, 3.8) is 0 Å². The molecule has 1 saturated carbocycles. The van der Waals surface area contributed by atoms with Crippen LogP contribution < -0.4 is 10.7 Å². The fraction of sp³-hybridized carbons (Fsp3) is 0.368. The maximum Gasteiger partial charge on any atom is 0.287 e. The fourth-order valence-electron chi connectivity index (χ4n) is 3.12. The number of carbonyl (C=O) groups is 1. The summed E-state index contributed by atoms with van der Waals surface area (Å²) in [6.07, 6.45) is 1.74. The molecular formula is C19H21NO4. The highest BCUT2D eigenvalue weighted by Gasteiger charge is 2.35. The number of hydrogen-bond donors (Lipinski definition) is 2. The van der Waals surface area contributed by atoms with Crippen molar-refractivity contribution in [2.45, 2.75) is 38.3 Å². The first kappa shape index (κ1) is 16.5. The highest BCUT2D eigenvalue weighted by atomic mass is 16.3. The maximum absolute atomic E-state index is 12.5. The van der Waals surface area contributed by atoms with Gasteiger partial charge in [0.25, 0.3) is 5.91 Å². The molecule has 3 rings (SSSR count). The first-order valence-corrected chi connectivity index (χ1v) is 8.16. The Balaban J connectivity index is 1.75. The molecule has 1 aliphatic carbocycles. The van der Waals surface area contributed by atoms with Gasteiger partial charge in [-0.2, -0.15) is 0 Å². The van der Waals surface area contributed by atoms with Gasteiger partial charge >= 0.3 is 0 Å². The summed E-state index contributed by atoms with van der Waals surface area (Å²) in [7, 11) is 0. The molecule has 1 aromatic carbocycles. The molecule has 1 unspecified atom stereocenters. The zero-order valence-electron chi connectivity index (χ0n) is 13.6. The van der Waals surface area contributed by atoms with Gasteiger partial charge in [0.05, 0.1) is 6.10 Å². The molecule has 24 heavy (non-hydrogen) atoms. The van der Waals surface area contributed by atoms with E-state index in [9.17, 15) is 14.7 Å². The van der Waals surface area contributed by atoms with Crippen LogP contribution in [-0.4, -0.2) is 23.2 Å². The Morgan fingerprint density at radius 1 is 1.29 bits per heavy atom. The van der Waals surface area contributed by atoms with Gasteiger partial charge in [-0.25, -0.2) is 0 Å². The Labute approximate surface area is 140 Å². The molecule has 5 heteroatoms. The molecule has 1 aromatic heterocycles. The van der Waals surface area contributed by atoms with E-state index in [0.29, 0.717) is 25.0 Å². The third-order valence-electron chi connectivity index (χ3n) is 4.45. The van der Waals surface area contributed by atoms with Crippen molar-refractivity contribution in [1.82, 2.24) is 5.32 Å². The molecule has 2 aromatic rings. The van der Waals surface area contributed by atoms with E-state index in [1.807, 2.05) is 30.3 Å². The van der Waals surface area contributed by atoms with Gasteiger partial charge in [-0.3, -0.25) is 9.59 Å². The molecule has 126 valence electrons. The van der Waals surface area contributed by atoms with Crippen LogP contribution in [0.1, 0.15) is 34.7 Å². The normalized spacial score (nSPS) is 20.9. The van der Waals surface area contributed by atoms with Crippen LogP contribution in [0.4, 0.5) is 0 Å². The molecule has 1 fully saturated rings. The summed E-state index contributed by atoms with van der Waals surface area (Å²) >= 11 is 0. The number of nitrogens with one attached hydrogen (secondary N) is 1. The molecule has 0 bridgehead atoms. The molecule has 5 nitrogen and oxygen atoms in total. The van der Waals surface area contributed by atoms with E-state index in [1.165, 1.54) is 12.1 Å². The molecule has 0 spiro atoms. The first-order valence-electron chi connectivity index (χ1n) is 8.16. The molecular weight excluding hydrogens is 306 g/mol. The SMILES string of the molecule is Cc1cc(=O)cc(C(=O)NC(Cc2ccccc2)C2CC(O)C2)o1. The lowest BCUT2D eigenvalue weighted by atomic mass is 9.75. The second-order valence-electron chi connectivity index (χ2n) is 6.42. The lowest BCUT2D eigenvalue weighted by Gasteiger charge is -2.38. The van der Waals surface area contributed by atoms with Gasteiger partial charge in [0.15, 0.2) is 11.2 Å². The third-order valence-corrected chi connectivity index (χ3v) is 4.45. The summed E-state index contributed by atoms with van der Waals surface area (Å²) in [5, 5.41) is 12.6. The van der Waals surface area contributed by atoms with Crippen LogP contribution in [0.2, 0.25) is 0 Å². The molecule has 1 amide bonds. The van der Waals surface area contributed by atoms with Gasteiger partial charge in [-0.05, 0) is 37.7 Å². The molecule has 1 aliphatic rings. The first-order chi connectivity index (χ1) is 11.5. The second kappa shape index (κ2) is 7.01. The van der Waals surface area contributed by atoms with Crippen LogP contribution in [0.25, 0.3) is 0 Å². The van der Waals surface area contributed by atoms with Crippen LogP contribution in [0.15, 0.2) is 51.7 Å². The van der Waals surface area contributed by atoms with Gasteiger partial charge in [-0.1, -0.05) is 30.3 Å². The lowest BCUT2D eigenvalue weighted by Crippen LogP contribution is -2.48. The predicted octanol–water partition coefficient (Wildman–Crippen LogP) is 2.06. The lowest BCUT2D eigenvalue weighted by molar-refractivity contribution is 0.0236. The van der Waals surface area contributed by atoms with E-state index >= 15 is 0 Å². The van der Waals surface area contributed by atoms with Gasteiger partial charge in [0.1, 0.15) is 5.76 Å². The highest BCUT2D eigenvalue weighted by Crippen LogP contribution is 2.31. The summed E-state index contributed by atoms with van der Waals surface area (Å²) in [6.45, 7) is 1.64. The molecule has 0 saturated heterocycles. The Hall–Kier alpha value is -2.40. The summed E-state index contributed by atoms with van der Waals surface area (Å²) in [5.41, 5.74) is 0.873. The van der Waals surface area contributed by atoms with Gasteiger partial charge in [0, 0.05) is 18.2 Å². The van der Waals surface area contributed by atoms with Crippen molar-refractivity contribution in [2.75, 3.05) is 0 Å². The Bertz CT molecular complexity index is 762. The monoisotopic (exact) mass is 327 g/mol. The summed E-state index contributed by atoms with van der Waals surface area (Å²) in [4.78, 5) is 24.0. The van der Waals surface area contributed by atoms with Crippen molar-refractivity contribution in [3.05, 3.63) is 69.8 Å². The second-order valence-corrected chi connectivity index (χ2v) is 6.42. The molecule has 2 N–H and O–H groups in total. The molecule has 0 radical (unpaired) electrons. The van der Waals surface area contributed by atoms with E-state index in [2.05, 4.69) is 5.32 Å². The summed E-state index contributed by atoms with van der Waals surface area (Å²) < 4.78 is 5.36. The zero-order valence-corrected chi connectivity index (χ0v) is 13.6. The molecule has 0 aliphatic heterocycles. The Kier molecular flexibility index (Phi) is 4.81. The van der Waals surface area contributed by atoms with E-state index < -0.39 is 5.91 Å². The van der Waals surface area contributed by atoms with Crippen molar-refractivity contribution < 1.29 is 14.3 Å². The van der Waals surface area contributed by atoms with Crippen LogP contribution in [0, 0.1) is 12.8 Å². The average molecular weight is 327 g/mol. The zero-order chi connectivity index (χ0) is 17.1. The van der Waals surface area contributed by atoms with Crippen molar-refractivity contribution >= 4 is 5.91 Å². The van der Waals surface area contributed by atoms with Gasteiger partial charge < -0.3 is 14.8 Å². The van der Waals surface area contributed by atoms with Gasteiger partial charge in [-0.15, -0.1) is 0 Å². The van der Waals surface area contributed by atoms with E-state index in [0.717, 1.165) is 5.56 Å². The number of rotatable bonds is 5. The minimum Gasteiger partial charge on any atom is -0.456 e.